The van der Waals surface area contributed by atoms with E-state index in [1.807, 2.05) is 42.5 Å². The van der Waals surface area contributed by atoms with E-state index < -0.39 is 0 Å². The smallest absolute Gasteiger partial charge is 0.134 e. The van der Waals surface area contributed by atoms with Crippen molar-refractivity contribution in [3.8, 4) is 11.3 Å². The number of aromatic nitrogens is 3. The van der Waals surface area contributed by atoms with Crippen LogP contribution in [0.3, 0.4) is 0 Å². The second kappa shape index (κ2) is 5.81. The van der Waals surface area contributed by atoms with Crippen LogP contribution in [0, 0.1) is 5.82 Å². The van der Waals surface area contributed by atoms with Gasteiger partial charge in [-0.05, 0) is 53.4 Å². The lowest BCUT2D eigenvalue weighted by atomic mass is 9.98. The highest BCUT2D eigenvalue weighted by molar-refractivity contribution is 5.96. The van der Waals surface area contributed by atoms with Crippen molar-refractivity contribution >= 4 is 21.8 Å². The molecule has 126 valence electrons. The molecule has 5 rings (SSSR count). The van der Waals surface area contributed by atoms with E-state index in [1.165, 1.54) is 6.07 Å². The Hall–Kier alpha value is -3.47. The molecule has 0 aliphatic carbocycles. The number of hydrogen-bond acceptors (Lipinski definition) is 3. The largest absolute Gasteiger partial charge is 0.464 e. The van der Waals surface area contributed by atoms with Crippen LogP contribution >= 0.6 is 0 Å². The van der Waals surface area contributed by atoms with E-state index in [4.69, 9.17) is 4.42 Å². The number of halogens is 1. The minimum atomic E-state index is -0.246. The van der Waals surface area contributed by atoms with Crippen molar-refractivity contribution in [2.75, 3.05) is 0 Å². The first-order valence-corrected chi connectivity index (χ1v) is 8.32. The number of furan rings is 1. The van der Waals surface area contributed by atoms with E-state index in [2.05, 4.69) is 15.2 Å². The fourth-order valence-electron chi connectivity index (χ4n) is 3.34. The van der Waals surface area contributed by atoms with E-state index >= 15 is 0 Å². The lowest BCUT2D eigenvalue weighted by Crippen LogP contribution is -1.92. The van der Waals surface area contributed by atoms with Gasteiger partial charge in [-0.2, -0.15) is 5.10 Å². The second-order valence-corrected chi connectivity index (χ2v) is 6.20. The Morgan fingerprint density at radius 2 is 1.96 bits per heavy atom. The SMILES string of the molecule is Fc1ccc(-c2ccco2)c2ccc(Cc3[nH]nc4cccnc34)cc12. The van der Waals surface area contributed by atoms with Gasteiger partial charge in [-0.3, -0.25) is 10.1 Å². The predicted molar refractivity (Wildman–Crippen MR) is 98.3 cm³/mol. The molecule has 0 fully saturated rings. The first kappa shape index (κ1) is 14.8. The van der Waals surface area contributed by atoms with Crippen LogP contribution in [0.1, 0.15) is 11.3 Å². The van der Waals surface area contributed by atoms with Gasteiger partial charge >= 0.3 is 0 Å². The summed E-state index contributed by atoms with van der Waals surface area (Å²) in [5, 5.41) is 8.71. The topological polar surface area (TPSA) is 54.7 Å². The Labute approximate surface area is 148 Å². The molecule has 3 aromatic heterocycles. The number of aromatic amines is 1. The third-order valence-corrected chi connectivity index (χ3v) is 4.58. The zero-order valence-electron chi connectivity index (χ0n) is 13.7. The minimum absolute atomic E-state index is 0.246. The number of hydrogen-bond donors (Lipinski definition) is 1. The molecule has 1 N–H and O–H groups in total. The predicted octanol–water partition coefficient (Wildman–Crippen LogP) is 5.10. The van der Waals surface area contributed by atoms with Crippen LogP contribution in [0.15, 0.2) is 71.5 Å². The average Bonchev–Trinajstić information content (AvgIpc) is 3.33. The molecule has 0 aliphatic rings. The van der Waals surface area contributed by atoms with Crippen LogP contribution in [0.2, 0.25) is 0 Å². The Morgan fingerprint density at radius 3 is 2.85 bits per heavy atom. The molecule has 0 saturated carbocycles. The Morgan fingerprint density at radius 1 is 1.00 bits per heavy atom. The summed E-state index contributed by atoms with van der Waals surface area (Å²) in [4.78, 5) is 4.38. The van der Waals surface area contributed by atoms with Crippen molar-refractivity contribution in [1.82, 2.24) is 15.2 Å². The number of H-pyrrole nitrogens is 1. The summed E-state index contributed by atoms with van der Waals surface area (Å²) >= 11 is 0. The van der Waals surface area contributed by atoms with Crippen LogP contribution in [-0.4, -0.2) is 15.2 Å². The van der Waals surface area contributed by atoms with Gasteiger partial charge < -0.3 is 4.42 Å². The Kier molecular flexibility index (Phi) is 3.31. The average molecular weight is 343 g/mol. The monoisotopic (exact) mass is 343 g/mol. The number of pyridine rings is 1. The molecule has 0 atom stereocenters. The summed E-state index contributed by atoms with van der Waals surface area (Å²) < 4.78 is 19.9. The normalized spacial score (nSPS) is 11.4. The van der Waals surface area contributed by atoms with Crippen molar-refractivity contribution in [3.05, 3.63) is 84.1 Å². The molecule has 3 heterocycles. The van der Waals surface area contributed by atoms with Gasteiger partial charge in [0.25, 0.3) is 0 Å². The van der Waals surface area contributed by atoms with E-state index in [0.717, 1.165) is 39.0 Å². The Balaban J connectivity index is 1.61. The molecule has 0 aliphatic heterocycles. The zero-order valence-corrected chi connectivity index (χ0v) is 13.7. The molecule has 2 aromatic carbocycles. The molecule has 5 heteroatoms. The maximum atomic E-state index is 14.5. The maximum absolute atomic E-state index is 14.5. The molecular formula is C21H14FN3O. The second-order valence-electron chi connectivity index (χ2n) is 6.20. The molecule has 0 unspecified atom stereocenters. The lowest BCUT2D eigenvalue weighted by molar-refractivity contribution is 0.582. The van der Waals surface area contributed by atoms with Gasteiger partial charge in [-0.1, -0.05) is 12.1 Å². The van der Waals surface area contributed by atoms with Crippen LogP contribution in [0.5, 0.6) is 0 Å². The van der Waals surface area contributed by atoms with Gasteiger partial charge in [-0.15, -0.1) is 0 Å². The first-order chi connectivity index (χ1) is 12.8. The third-order valence-electron chi connectivity index (χ3n) is 4.58. The van der Waals surface area contributed by atoms with Gasteiger partial charge in [0.05, 0.1) is 12.0 Å². The quantitative estimate of drug-likeness (QED) is 0.496. The van der Waals surface area contributed by atoms with Gasteiger partial charge in [0.2, 0.25) is 0 Å². The fraction of sp³-hybridized carbons (Fsp3) is 0.0476. The summed E-state index contributed by atoms with van der Waals surface area (Å²) in [6.07, 6.45) is 3.97. The van der Waals surface area contributed by atoms with Crippen molar-refractivity contribution in [3.63, 3.8) is 0 Å². The highest BCUT2D eigenvalue weighted by Crippen LogP contribution is 2.32. The summed E-state index contributed by atoms with van der Waals surface area (Å²) in [6, 6.07) is 16.5. The van der Waals surface area contributed by atoms with E-state index in [0.29, 0.717) is 11.8 Å². The molecule has 0 spiro atoms. The highest BCUT2D eigenvalue weighted by Gasteiger charge is 2.12. The third kappa shape index (κ3) is 2.37. The number of benzene rings is 2. The summed E-state index contributed by atoms with van der Waals surface area (Å²) in [5.74, 6) is 0.483. The van der Waals surface area contributed by atoms with Gasteiger partial charge in [0, 0.05) is 23.6 Å². The van der Waals surface area contributed by atoms with Crippen molar-refractivity contribution < 1.29 is 8.81 Å². The molecule has 4 nitrogen and oxygen atoms in total. The molecule has 26 heavy (non-hydrogen) atoms. The van der Waals surface area contributed by atoms with Crippen LogP contribution in [0.4, 0.5) is 4.39 Å². The molecule has 0 radical (unpaired) electrons. The molecule has 5 aromatic rings. The minimum Gasteiger partial charge on any atom is -0.464 e. The molecular weight excluding hydrogens is 329 g/mol. The zero-order chi connectivity index (χ0) is 17.5. The van der Waals surface area contributed by atoms with E-state index in [-0.39, 0.29) is 5.82 Å². The maximum Gasteiger partial charge on any atom is 0.134 e. The number of nitrogens with one attached hydrogen (secondary N) is 1. The number of fused-ring (bicyclic) bond motifs is 2. The van der Waals surface area contributed by atoms with Crippen LogP contribution in [0.25, 0.3) is 33.1 Å². The van der Waals surface area contributed by atoms with Crippen LogP contribution in [-0.2, 0) is 6.42 Å². The first-order valence-electron chi connectivity index (χ1n) is 8.32. The Bertz CT molecular complexity index is 1220. The number of rotatable bonds is 3. The standard InChI is InChI=1S/C21H14FN3O/c22-17-8-7-15(20-4-2-10-26-20)14-6-5-13(11-16(14)17)12-19-21-18(24-25-19)3-1-9-23-21/h1-11H,12H2,(H,24,25). The fourth-order valence-corrected chi connectivity index (χ4v) is 3.34. The molecule has 0 saturated heterocycles. The van der Waals surface area contributed by atoms with Crippen LogP contribution < -0.4 is 0 Å². The highest BCUT2D eigenvalue weighted by atomic mass is 19.1. The van der Waals surface area contributed by atoms with E-state index in [1.54, 1.807) is 18.5 Å². The summed E-state index contributed by atoms with van der Waals surface area (Å²) in [7, 11) is 0. The summed E-state index contributed by atoms with van der Waals surface area (Å²) in [6.45, 7) is 0. The van der Waals surface area contributed by atoms with Crippen molar-refractivity contribution in [2.24, 2.45) is 0 Å². The van der Waals surface area contributed by atoms with Gasteiger partial charge in [-0.25, -0.2) is 4.39 Å². The molecule has 0 bridgehead atoms. The van der Waals surface area contributed by atoms with E-state index in [9.17, 15) is 4.39 Å². The lowest BCUT2D eigenvalue weighted by Gasteiger charge is -2.08. The number of nitrogens with zero attached hydrogens (tertiary/aromatic N) is 2. The van der Waals surface area contributed by atoms with Gasteiger partial charge in [0.15, 0.2) is 0 Å². The summed E-state index contributed by atoms with van der Waals surface area (Å²) in [5.41, 5.74) is 4.46. The van der Waals surface area contributed by atoms with Crippen molar-refractivity contribution in [1.29, 1.82) is 0 Å². The van der Waals surface area contributed by atoms with Crippen molar-refractivity contribution in [2.45, 2.75) is 6.42 Å². The van der Waals surface area contributed by atoms with Gasteiger partial charge in [0.1, 0.15) is 22.6 Å². The molecule has 0 amide bonds.